The van der Waals surface area contributed by atoms with E-state index in [1.807, 2.05) is 31.2 Å². The Kier molecular flexibility index (Phi) is 5.61. The number of hydrogen-bond acceptors (Lipinski definition) is 7. The van der Waals surface area contributed by atoms with E-state index < -0.39 is 0 Å². The lowest BCUT2D eigenvalue weighted by atomic mass is 10.1. The molecule has 0 fully saturated rings. The second-order valence-electron chi connectivity index (χ2n) is 5.92. The number of rotatable bonds is 6. The fourth-order valence-corrected chi connectivity index (χ4v) is 2.65. The Hall–Kier alpha value is -3.79. The van der Waals surface area contributed by atoms with Crippen LogP contribution in [-0.4, -0.2) is 31.5 Å². The van der Waals surface area contributed by atoms with Gasteiger partial charge in [-0.3, -0.25) is 0 Å². The summed E-state index contributed by atoms with van der Waals surface area (Å²) in [5.41, 5.74) is 2.83. The highest BCUT2D eigenvalue weighted by Gasteiger charge is 2.16. The Bertz CT molecular complexity index is 1020. The minimum Gasteiger partial charge on any atom is -0.493 e. The maximum Gasteiger partial charge on any atom is 0.268 e. The molecule has 3 rings (SSSR count). The first-order chi connectivity index (χ1) is 13.6. The van der Waals surface area contributed by atoms with Crippen molar-refractivity contribution in [3.8, 4) is 34.7 Å². The van der Waals surface area contributed by atoms with Gasteiger partial charge in [-0.2, -0.15) is 10.2 Å². The van der Waals surface area contributed by atoms with Crippen LogP contribution in [0.1, 0.15) is 17.0 Å². The molecule has 3 aromatic rings. The summed E-state index contributed by atoms with van der Waals surface area (Å²) in [6, 6.07) is 13.3. The zero-order valence-corrected chi connectivity index (χ0v) is 16.0. The highest BCUT2D eigenvalue weighted by molar-refractivity contribution is 5.87. The third kappa shape index (κ3) is 3.81. The van der Waals surface area contributed by atoms with Crippen molar-refractivity contribution >= 4 is 11.6 Å². The van der Waals surface area contributed by atoms with Crippen molar-refractivity contribution in [2.75, 3.05) is 21.3 Å². The van der Waals surface area contributed by atoms with Crippen molar-refractivity contribution in [2.24, 2.45) is 0 Å². The van der Waals surface area contributed by atoms with E-state index in [4.69, 9.17) is 18.7 Å². The molecule has 1 heterocycles. The van der Waals surface area contributed by atoms with Crippen LogP contribution in [0.5, 0.6) is 17.2 Å². The second-order valence-corrected chi connectivity index (χ2v) is 5.92. The Morgan fingerprint density at radius 1 is 1.04 bits per heavy atom. The maximum absolute atomic E-state index is 9.58. The van der Waals surface area contributed by atoms with Crippen LogP contribution in [0.4, 0.5) is 0 Å². The normalized spacial score (nSPS) is 11.0. The van der Waals surface area contributed by atoms with Gasteiger partial charge in [0.05, 0.1) is 21.3 Å². The summed E-state index contributed by atoms with van der Waals surface area (Å²) in [5.74, 6) is 1.99. The summed E-state index contributed by atoms with van der Waals surface area (Å²) in [4.78, 5) is 4.34. The maximum atomic E-state index is 9.58. The van der Waals surface area contributed by atoms with Gasteiger partial charge in [-0.1, -0.05) is 35.0 Å². The molecule has 0 spiro atoms. The quantitative estimate of drug-likeness (QED) is 0.596. The summed E-state index contributed by atoms with van der Waals surface area (Å²) in [6.07, 6.45) is 1.62. The number of aromatic nitrogens is 2. The topological polar surface area (TPSA) is 90.4 Å². The van der Waals surface area contributed by atoms with Gasteiger partial charge in [0.15, 0.2) is 11.5 Å². The summed E-state index contributed by atoms with van der Waals surface area (Å²) in [6.45, 7) is 2.00. The average molecular weight is 377 g/mol. The van der Waals surface area contributed by atoms with Crippen LogP contribution in [-0.2, 0) is 0 Å². The monoisotopic (exact) mass is 377 g/mol. The van der Waals surface area contributed by atoms with Crippen LogP contribution in [0.25, 0.3) is 23.0 Å². The van der Waals surface area contributed by atoms with E-state index >= 15 is 0 Å². The number of nitrogens with zero attached hydrogens (tertiary/aromatic N) is 3. The van der Waals surface area contributed by atoms with E-state index in [9.17, 15) is 5.26 Å². The average Bonchev–Trinajstić information content (AvgIpc) is 3.21. The van der Waals surface area contributed by atoms with Crippen LogP contribution in [0.3, 0.4) is 0 Å². The Morgan fingerprint density at radius 2 is 1.68 bits per heavy atom. The zero-order chi connectivity index (χ0) is 20.1. The predicted molar refractivity (Wildman–Crippen MR) is 104 cm³/mol. The number of allylic oxidation sites excluding steroid dienone is 1. The molecule has 0 N–H and O–H groups in total. The van der Waals surface area contributed by atoms with Gasteiger partial charge in [-0.05, 0) is 30.7 Å². The largest absolute Gasteiger partial charge is 0.493 e. The lowest BCUT2D eigenvalue weighted by Crippen LogP contribution is -1.95. The van der Waals surface area contributed by atoms with E-state index in [-0.39, 0.29) is 11.5 Å². The fraction of sp³-hybridized carbons (Fsp3) is 0.190. The van der Waals surface area contributed by atoms with Gasteiger partial charge in [0.1, 0.15) is 11.6 Å². The third-order valence-electron chi connectivity index (χ3n) is 4.08. The van der Waals surface area contributed by atoms with Crippen molar-refractivity contribution in [2.45, 2.75) is 6.92 Å². The van der Waals surface area contributed by atoms with E-state index in [2.05, 4.69) is 16.2 Å². The summed E-state index contributed by atoms with van der Waals surface area (Å²) in [7, 11) is 4.59. The first-order valence-electron chi connectivity index (χ1n) is 8.42. The molecule has 0 saturated heterocycles. The molecule has 28 heavy (non-hydrogen) atoms. The SMILES string of the molecule is COc1cc(C=C(C#N)c2nc(-c3ccc(C)cc3)no2)cc(OC)c1OC. The number of benzene rings is 2. The van der Waals surface area contributed by atoms with Crippen LogP contribution in [0, 0.1) is 18.3 Å². The molecule has 0 radical (unpaired) electrons. The molecule has 0 aliphatic carbocycles. The number of methoxy groups -OCH3 is 3. The standard InChI is InChI=1S/C21H19N3O4/c1-13-5-7-15(8-6-13)20-23-21(28-24-20)16(12-22)9-14-10-17(25-2)19(27-4)18(11-14)26-3/h5-11H,1-4H3. The smallest absolute Gasteiger partial charge is 0.268 e. The molecule has 7 nitrogen and oxygen atoms in total. The van der Waals surface area contributed by atoms with Gasteiger partial charge in [0, 0.05) is 5.56 Å². The van der Waals surface area contributed by atoms with Crippen molar-refractivity contribution in [3.63, 3.8) is 0 Å². The molecule has 0 saturated carbocycles. The van der Waals surface area contributed by atoms with Crippen LogP contribution >= 0.6 is 0 Å². The minimum absolute atomic E-state index is 0.131. The highest BCUT2D eigenvalue weighted by Crippen LogP contribution is 2.39. The van der Waals surface area contributed by atoms with Crippen molar-refractivity contribution < 1.29 is 18.7 Å². The second kappa shape index (κ2) is 8.27. The number of ether oxygens (including phenoxy) is 3. The summed E-state index contributed by atoms with van der Waals surface area (Å²) < 4.78 is 21.3. The van der Waals surface area contributed by atoms with E-state index in [0.717, 1.165) is 11.1 Å². The lowest BCUT2D eigenvalue weighted by Gasteiger charge is -2.12. The van der Waals surface area contributed by atoms with Crippen LogP contribution in [0.2, 0.25) is 0 Å². The van der Waals surface area contributed by atoms with Crippen molar-refractivity contribution in [3.05, 3.63) is 53.4 Å². The summed E-state index contributed by atoms with van der Waals surface area (Å²) >= 11 is 0. The molecule has 0 amide bonds. The number of nitriles is 1. The summed E-state index contributed by atoms with van der Waals surface area (Å²) in [5, 5.41) is 13.6. The molecule has 2 aromatic carbocycles. The number of aryl methyl sites for hydroxylation is 1. The van der Waals surface area contributed by atoms with E-state index in [0.29, 0.717) is 28.6 Å². The minimum atomic E-state index is 0.131. The molecular weight excluding hydrogens is 358 g/mol. The molecule has 142 valence electrons. The van der Waals surface area contributed by atoms with Gasteiger partial charge >= 0.3 is 0 Å². The van der Waals surface area contributed by atoms with Crippen LogP contribution in [0.15, 0.2) is 40.9 Å². The number of hydrogen-bond donors (Lipinski definition) is 0. The third-order valence-corrected chi connectivity index (χ3v) is 4.08. The van der Waals surface area contributed by atoms with Crippen molar-refractivity contribution in [1.29, 1.82) is 5.26 Å². The fourth-order valence-electron chi connectivity index (χ4n) is 2.65. The molecule has 0 aliphatic rings. The van der Waals surface area contributed by atoms with Gasteiger partial charge in [0.2, 0.25) is 11.6 Å². The van der Waals surface area contributed by atoms with Crippen molar-refractivity contribution in [1.82, 2.24) is 10.1 Å². The predicted octanol–water partition coefficient (Wildman–Crippen LogP) is 4.14. The highest BCUT2D eigenvalue weighted by atomic mass is 16.5. The van der Waals surface area contributed by atoms with E-state index in [1.54, 1.807) is 18.2 Å². The Labute approximate surface area is 162 Å². The Morgan fingerprint density at radius 3 is 2.21 bits per heavy atom. The first kappa shape index (κ1) is 19.0. The molecule has 0 bridgehead atoms. The van der Waals surface area contributed by atoms with E-state index in [1.165, 1.54) is 21.3 Å². The van der Waals surface area contributed by atoms with Gasteiger partial charge in [-0.15, -0.1) is 0 Å². The molecule has 0 unspecified atom stereocenters. The van der Waals surface area contributed by atoms with Gasteiger partial charge in [-0.25, -0.2) is 0 Å². The first-order valence-corrected chi connectivity index (χ1v) is 8.42. The lowest BCUT2D eigenvalue weighted by molar-refractivity contribution is 0.324. The molecule has 1 aromatic heterocycles. The zero-order valence-electron chi connectivity index (χ0n) is 16.0. The molecule has 0 atom stereocenters. The van der Waals surface area contributed by atoms with Gasteiger partial charge < -0.3 is 18.7 Å². The molecule has 0 aliphatic heterocycles. The molecule has 7 heteroatoms. The molecular formula is C21H19N3O4. The van der Waals surface area contributed by atoms with Gasteiger partial charge in [0.25, 0.3) is 5.89 Å². The Balaban J connectivity index is 1.99. The van der Waals surface area contributed by atoms with Crippen LogP contribution < -0.4 is 14.2 Å².